The molecule has 0 N–H and O–H groups in total. The summed E-state index contributed by atoms with van der Waals surface area (Å²) in [6.07, 6.45) is 0. The molecule has 0 aliphatic carbocycles. The molecule has 1 heterocycles. The lowest BCUT2D eigenvalue weighted by Crippen LogP contribution is -1.90. The van der Waals surface area contributed by atoms with Crippen LogP contribution >= 0.6 is 34.8 Å². The van der Waals surface area contributed by atoms with Gasteiger partial charge in [0, 0.05) is 0 Å². The molecule has 0 saturated carbocycles. The van der Waals surface area contributed by atoms with Gasteiger partial charge in [0.1, 0.15) is 5.52 Å². The van der Waals surface area contributed by atoms with E-state index in [9.17, 15) is 4.39 Å². The largest absolute Gasteiger partial charge is 0.231 e. The van der Waals surface area contributed by atoms with Crippen LogP contribution in [0.5, 0.6) is 0 Å². The molecule has 0 fully saturated rings. The van der Waals surface area contributed by atoms with Crippen LogP contribution in [0.25, 0.3) is 11.0 Å². The van der Waals surface area contributed by atoms with Gasteiger partial charge in [-0.15, -0.1) is 0 Å². The van der Waals surface area contributed by atoms with Gasteiger partial charge >= 0.3 is 0 Å². The van der Waals surface area contributed by atoms with Crippen molar-refractivity contribution in [1.82, 2.24) is 9.97 Å². The van der Waals surface area contributed by atoms with Crippen LogP contribution in [0.15, 0.2) is 12.1 Å². The third-order valence-corrected chi connectivity index (χ3v) is 2.56. The number of hydrogen-bond acceptors (Lipinski definition) is 2. The molecule has 14 heavy (non-hydrogen) atoms. The summed E-state index contributed by atoms with van der Waals surface area (Å²) in [5.41, 5.74) is 0.341. The Labute approximate surface area is 93.6 Å². The average Bonchev–Trinajstić information content (AvgIpc) is 2.15. The van der Waals surface area contributed by atoms with Gasteiger partial charge in [-0.1, -0.05) is 34.8 Å². The molecule has 0 unspecified atom stereocenters. The second-order valence-electron chi connectivity index (χ2n) is 2.53. The van der Waals surface area contributed by atoms with Crippen molar-refractivity contribution in [3.8, 4) is 0 Å². The zero-order chi connectivity index (χ0) is 10.3. The van der Waals surface area contributed by atoms with Crippen LogP contribution in [-0.2, 0) is 0 Å². The number of benzene rings is 1. The van der Waals surface area contributed by atoms with Crippen molar-refractivity contribution in [3.05, 3.63) is 33.3 Å². The van der Waals surface area contributed by atoms with Gasteiger partial charge in [-0.2, -0.15) is 0 Å². The molecule has 0 spiro atoms. The van der Waals surface area contributed by atoms with E-state index in [0.29, 0.717) is 5.52 Å². The van der Waals surface area contributed by atoms with Crippen LogP contribution in [-0.4, -0.2) is 9.97 Å². The predicted molar refractivity (Wildman–Crippen MR) is 54.5 cm³/mol. The predicted octanol–water partition coefficient (Wildman–Crippen LogP) is 3.73. The van der Waals surface area contributed by atoms with E-state index in [-0.39, 0.29) is 20.8 Å². The van der Waals surface area contributed by atoms with Crippen LogP contribution in [0, 0.1) is 5.82 Å². The molecule has 2 aromatic rings. The van der Waals surface area contributed by atoms with E-state index in [1.165, 1.54) is 12.1 Å². The molecular weight excluding hydrogens is 249 g/mol. The van der Waals surface area contributed by atoms with Crippen LogP contribution in [0.4, 0.5) is 4.39 Å². The standard InChI is InChI=1S/C8H2Cl3FN2/c9-3-1-2-4-6(5(3)12)14-8(11)7(10)13-4/h1-2H. The van der Waals surface area contributed by atoms with Crippen molar-refractivity contribution in [2.24, 2.45) is 0 Å². The lowest BCUT2D eigenvalue weighted by molar-refractivity contribution is 0.637. The lowest BCUT2D eigenvalue weighted by atomic mass is 10.3. The first-order valence-electron chi connectivity index (χ1n) is 3.56. The van der Waals surface area contributed by atoms with Gasteiger partial charge in [0.2, 0.25) is 0 Å². The van der Waals surface area contributed by atoms with Crippen LogP contribution in [0.1, 0.15) is 0 Å². The number of aromatic nitrogens is 2. The zero-order valence-corrected chi connectivity index (χ0v) is 8.83. The molecule has 0 amide bonds. The first kappa shape index (κ1) is 9.90. The summed E-state index contributed by atoms with van der Waals surface area (Å²) in [5.74, 6) is -0.643. The molecule has 2 nitrogen and oxygen atoms in total. The quantitative estimate of drug-likeness (QED) is 0.713. The third-order valence-electron chi connectivity index (χ3n) is 1.65. The summed E-state index contributed by atoms with van der Waals surface area (Å²) in [7, 11) is 0. The second kappa shape index (κ2) is 3.50. The maximum absolute atomic E-state index is 13.4. The number of nitrogens with zero attached hydrogens (tertiary/aromatic N) is 2. The van der Waals surface area contributed by atoms with Gasteiger partial charge in [0.25, 0.3) is 0 Å². The van der Waals surface area contributed by atoms with Crippen LogP contribution in [0.2, 0.25) is 15.3 Å². The van der Waals surface area contributed by atoms with Crippen LogP contribution < -0.4 is 0 Å². The fraction of sp³-hybridized carbons (Fsp3) is 0. The Bertz CT molecular complexity index is 515. The fourth-order valence-corrected chi connectivity index (χ4v) is 1.44. The van der Waals surface area contributed by atoms with E-state index in [2.05, 4.69) is 9.97 Å². The Balaban J connectivity index is 2.89. The molecule has 0 aliphatic heterocycles. The van der Waals surface area contributed by atoms with E-state index in [1.54, 1.807) is 0 Å². The van der Waals surface area contributed by atoms with Crippen molar-refractivity contribution < 1.29 is 4.39 Å². The molecule has 0 aliphatic rings. The van der Waals surface area contributed by atoms with Crippen molar-refractivity contribution in [2.45, 2.75) is 0 Å². The molecule has 72 valence electrons. The van der Waals surface area contributed by atoms with Crippen molar-refractivity contribution in [2.75, 3.05) is 0 Å². The Morgan fingerprint density at radius 2 is 1.64 bits per heavy atom. The van der Waals surface area contributed by atoms with Gasteiger partial charge in [-0.3, -0.25) is 0 Å². The number of fused-ring (bicyclic) bond motifs is 1. The van der Waals surface area contributed by atoms with Gasteiger partial charge in [-0.25, -0.2) is 14.4 Å². The van der Waals surface area contributed by atoms with E-state index in [1.807, 2.05) is 0 Å². The maximum Gasteiger partial charge on any atom is 0.169 e. The molecule has 1 aromatic carbocycles. The maximum atomic E-state index is 13.4. The Morgan fingerprint density at radius 1 is 1.00 bits per heavy atom. The summed E-state index contributed by atoms with van der Waals surface area (Å²) >= 11 is 16.8. The van der Waals surface area contributed by atoms with Gasteiger partial charge in [0.05, 0.1) is 10.5 Å². The first-order valence-corrected chi connectivity index (χ1v) is 4.69. The van der Waals surface area contributed by atoms with Crippen molar-refractivity contribution in [1.29, 1.82) is 0 Å². The molecule has 0 saturated heterocycles. The van der Waals surface area contributed by atoms with Crippen LogP contribution in [0.3, 0.4) is 0 Å². The normalized spacial score (nSPS) is 10.9. The summed E-state index contributed by atoms with van der Waals surface area (Å²) in [6, 6.07) is 2.91. The highest BCUT2D eigenvalue weighted by Gasteiger charge is 2.10. The molecule has 1 aromatic heterocycles. The topological polar surface area (TPSA) is 25.8 Å². The Kier molecular flexibility index (Phi) is 2.47. The minimum atomic E-state index is -0.643. The summed E-state index contributed by atoms with van der Waals surface area (Å²) in [4.78, 5) is 7.60. The molecule has 0 bridgehead atoms. The second-order valence-corrected chi connectivity index (χ2v) is 3.66. The molecule has 6 heteroatoms. The molecular formula is C8H2Cl3FN2. The monoisotopic (exact) mass is 250 g/mol. The van der Waals surface area contributed by atoms with E-state index in [0.717, 1.165) is 0 Å². The first-order chi connectivity index (χ1) is 6.59. The van der Waals surface area contributed by atoms with Gasteiger partial charge in [-0.05, 0) is 12.1 Å². The van der Waals surface area contributed by atoms with Crippen molar-refractivity contribution >= 4 is 45.8 Å². The highest BCUT2D eigenvalue weighted by Crippen LogP contribution is 2.26. The Morgan fingerprint density at radius 3 is 2.36 bits per heavy atom. The summed E-state index contributed by atoms with van der Waals surface area (Å²) < 4.78 is 13.4. The number of rotatable bonds is 0. The van der Waals surface area contributed by atoms with Gasteiger partial charge in [0.15, 0.2) is 16.1 Å². The highest BCUT2D eigenvalue weighted by atomic mass is 35.5. The number of hydrogen-bond donors (Lipinski definition) is 0. The SMILES string of the molecule is Fc1c(Cl)ccc2nc(Cl)c(Cl)nc12. The summed E-state index contributed by atoms with van der Waals surface area (Å²) in [5, 5.41) is -0.0218. The fourth-order valence-electron chi connectivity index (χ4n) is 1.02. The molecule has 2 rings (SSSR count). The molecule has 0 radical (unpaired) electrons. The van der Waals surface area contributed by atoms with E-state index < -0.39 is 5.82 Å². The summed E-state index contributed by atoms with van der Waals surface area (Å²) in [6.45, 7) is 0. The Hall–Kier alpha value is -0.640. The molecule has 0 atom stereocenters. The minimum Gasteiger partial charge on any atom is -0.231 e. The third kappa shape index (κ3) is 1.52. The average molecular weight is 251 g/mol. The number of halogens is 4. The van der Waals surface area contributed by atoms with E-state index >= 15 is 0 Å². The van der Waals surface area contributed by atoms with E-state index in [4.69, 9.17) is 34.8 Å². The lowest BCUT2D eigenvalue weighted by Gasteiger charge is -2.01. The smallest absolute Gasteiger partial charge is 0.169 e. The zero-order valence-electron chi connectivity index (χ0n) is 6.56. The highest BCUT2D eigenvalue weighted by molar-refractivity contribution is 6.40. The van der Waals surface area contributed by atoms with Gasteiger partial charge < -0.3 is 0 Å². The van der Waals surface area contributed by atoms with Crippen molar-refractivity contribution in [3.63, 3.8) is 0 Å². The minimum absolute atomic E-state index is 0.0203.